The molecule has 5 nitrogen and oxygen atoms in total. The van der Waals surface area contributed by atoms with Gasteiger partial charge in [0.05, 0.1) is 14.2 Å². The van der Waals surface area contributed by atoms with Gasteiger partial charge in [-0.1, -0.05) is 6.07 Å². The van der Waals surface area contributed by atoms with Gasteiger partial charge in [-0.25, -0.2) is 0 Å². The zero-order valence-electron chi connectivity index (χ0n) is 13.9. The molecule has 2 aliphatic rings. The van der Waals surface area contributed by atoms with Crippen molar-refractivity contribution in [1.29, 1.82) is 0 Å². The number of rotatable bonds is 4. The Morgan fingerprint density at radius 3 is 2.55 bits per heavy atom. The van der Waals surface area contributed by atoms with E-state index in [-0.39, 0.29) is 0 Å². The second-order valence-electron chi connectivity index (χ2n) is 6.38. The van der Waals surface area contributed by atoms with Gasteiger partial charge >= 0.3 is 0 Å². The first-order chi connectivity index (χ1) is 10.7. The Balaban J connectivity index is 1.63. The summed E-state index contributed by atoms with van der Waals surface area (Å²) in [5.41, 5.74) is 1.29. The predicted octanol–water partition coefficient (Wildman–Crippen LogP) is 1.14. The summed E-state index contributed by atoms with van der Waals surface area (Å²) in [4.78, 5) is 7.65. The van der Waals surface area contributed by atoms with E-state index in [4.69, 9.17) is 9.47 Å². The van der Waals surface area contributed by atoms with Crippen molar-refractivity contribution in [3.8, 4) is 11.5 Å². The average Bonchev–Trinajstić information content (AvgIpc) is 2.54. The van der Waals surface area contributed by atoms with Gasteiger partial charge in [0.1, 0.15) is 0 Å². The van der Waals surface area contributed by atoms with Crippen LogP contribution in [0.1, 0.15) is 5.56 Å². The van der Waals surface area contributed by atoms with Crippen LogP contribution >= 0.6 is 0 Å². The van der Waals surface area contributed by atoms with Crippen molar-refractivity contribution in [3.05, 3.63) is 23.8 Å². The molecule has 0 amide bonds. The predicted molar refractivity (Wildman–Crippen MR) is 87.7 cm³/mol. The standard InChI is InChI=1S/C17H27N3O2/c1-18-6-8-20-9-7-19(13-15(20)12-18)11-14-4-5-16(21-2)17(10-14)22-3/h4-5,10,15H,6-9,11-13H2,1-3H3/t15-/m1/s1. The third-order valence-electron chi connectivity index (χ3n) is 4.83. The molecular formula is C17H27N3O2. The van der Waals surface area contributed by atoms with Crippen LogP contribution < -0.4 is 9.47 Å². The molecule has 1 atom stereocenters. The van der Waals surface area contributed by atoms with E-state index in [1.807, 2.05) is 6.07 Å². The summed E-state index contributed by atoms with van der Waals surface area (Å²) in [5.74, 6) is 1.61. The summed E-state index contributed by atoms with van der Waals surface area (Å²) in [6, 6.07) is 6.91. The normalized spacial score (nSPS) is 24.0. The first-order valence-electron chi connectivity index (χ1n) is 8.05. The molecule has 0 N–H and O–H groups in total. The number of methoxy groups -OCH3 is 2. The molecule has 0 radical (unpaired) electrons. The van der Waals surface area contributed by atoms with E-state index in [1.165, 1.54) is 31.7 Å². The molecule has 1 aromatic rings. The van der Waals surface area contributed by atoms with Crippen molar-refractivity contribution in [2.24, 2.45) is 0 Å². The minimum atomic E-state index is 0.674. The Morgan fingerprint density at radius 1 is 1.00 bits per heavy atom. The van der Waals surface area contributed by atoms with Gasteiger partial charge in [0, 0.05) is 51.9 Å². The molecule has 0 aliphatic carbocycles. The van der Waals surface area contributed by atoms with E-state index in [2.05, 4.69) is 33.9 Å². The topological polar surface area (TPSA) is 28.2 Å². The molecule has 3 rings (SSSR count). The molecule has 122 valence electrons. The van der Waals surface area contributed by atoms with Gasteiger partial charge in [-0.15, -0.1) is 0 Å². The highest BCUT2D eigenvalue weighted by Gasteiger charge is 2.30. The first kappa shape index (κ1) is 15.6. The SMILES string of the molecule is COc1ccc(CN2CCN3CCN(C)C[C@@H]3C2)cc1OC. The van der Waals surface area contributed by atoms with Crippen LogP contribution in [0.2, 0.25) is 0 Å². The maximum Gasteiger partial charge on any atom is 0.161 e. The van der Waals surface area contributed by atoms with Crippen LogP contribution in [0, 0.1) is 0 Å². The number of nitrogens with zero attached hydrogens (tertiary/aromatic N) is 3. The van der Waals surface area contributed by atoms with Crippen LogP contribution in [0.15, 0.2) is 18.2 Å². The van der Waals surface area contributed by atoms with Crippen molar-refractivity contribution in [1.82, 2.24) is 14.7 Å². The molecule has 2 fully saturated rings. The van der Waals surface area contributed by atoms with Gasteiger partial charge in [-0.2, -0.15) is 0 Å². The van der Waals surface area contributed by atoms with Crippen molar-refractivity contribution in [3.63, 3.8) is 0 Å². The molecule has 0 aromatic heterocycles. The van der Waals surface area contributed by atoms with E-state index in [0.717, 1.165) is 31.1 Å². The van der Waals surface area contributed by atoms with E-state index < -0.39 is 0 Å². The summed E-state index contributed by atoms with van der Waals surface area (Å²) < 4.78 is 10.7. The Labute approximate surface area is 133 Å². The first-order valence-corrected chi connectivity index (χ1v) is 8.05. The minimum absolute atomic E-state index is 0.674. The van der Waals surface area contributed by atoms with Crippen LogP contribution in [0.25, 0.3) is 0 Å². The highest BCUT2D eigenvalue weighted by atomic mass is 16.5. The maximum absolute atomic E-state index is 5.41. The van der Waals surface area contributed by atoms with Crippen LogP contribution in [0.3, 0.4) is 0 Å². The molecule has 2 aliphatic heterocycles. The summed E-state index contributed by atoms with van der Waals surface area (Å²) in [6.45, 7) is 8.06. The molecular weight excluding hydrogens is 278 g/mol. The van der Waals surface area contributed by atoms with Gasteiger partial charge in [-0.05, 0) is 24.7 Å². The fraction of sp³-hybridized carbons (Fsp3) is 0.647. The Morgan fingerprint density at radius 2 is 1.77 bits per heavy atom. The largest absolute Gasteiger partial charge is 0.493 e. The molecule has 5 heteroatoms. The Hall–Kier alpha value is -1.30. The van der Waals surface area contributed by atoms with E-state index in [1.54, 1.807) is 14.2 Å². The van der Waals surface area contributed by atoms with Gasteiger partial charge in [0.25, 0.3) is 0 Å². The Bertz CT molecular complexity index is 509. The summed E-state index contributed by atoms with van der Waals surface area (Å²) in [6.07, 6.45) is 0. The van der Waals surface area contributed by atoms with Crippen LogP contribution in [0.4, 0.5) is 0 Å². The second-order valence-corrected chi connectivity index (χ2v) is 6.38. The molecule has 1 aromatic carbocycles. The van der Waals surface area contributed by atoms with Gasteiger partial charge in [0.15, 0.2) is 11.5 Å². The number of benzene rings is 1. The summed E-state index contributed by atoms with van der Waals surface area (Å²) in [7, 11) is 5.60. The highest BCUT2D eigenvalue weighted by Crippen LogP contribution is 2.28. The van der Waals surface area contributed by atoms with E-state index >= 15 is 0 Å². The Kier molecular flexibility index (Phi) is 4.86. The minimum Gasteiger partial charge on any atom is -0.493 e. The molecule has 0 bridgehead atoms. The molecule has 2 heterocycles. The van der Waals surface area contributed by atoms with Crippen molar-refractivity contribution >= 4 is 0 Å². The number of piperazine rings is 2. The van der Waals surface area contributed by atoms with Gasteiger partial charge in [0.2, 0.25) is 0 Å². The second kappa shape index (κ2) is 6.86. The number of hydrogen-bond acceptors (Lipinski definition) is 5. The van der Waals surface area contributed by atoms with E-state index in [0.29, 0.717) is 6.04 Å². The quantitative estimate of drug-likeness (QED) is 0.832. The maximum atomic E-state index is 5.41. The zero-order valence-corrected chi connectivity index (χ0v) is 13.9. The van der Waals surface area contributed by atoms with Crippen molar-refractivity contribution in [2.45, 2.75) is 12.6 Å². The molecule has 2 saturated heterocycles. The van der Waals surface area contributed by atoms with Gasteiger partial charge < -0.3 is 14.4 Å². The van der Waals surface area contributed by atoms with E-state index in [9.17, 15) is 0 Å². The lowest BCUT2D eigenvalue weighted by Crippen LogP contribution is -2.60. The highest BCUT2D eigenvalue weighted by molar-refractivity contribution is 5.42. The van der Waals surface area contributed by atoms with Crippen LogP contribution in [-0.4, -0.2) is 81.3 Å². The molecule has 22 heavy (non-hydrogen) atoms. The number of hydrogen-bond donors (Lipinski definition) is 0. The molecule has 0 spiro atoms. The lowest BCUT2D eigenvalue weighted by atomic mass is 10.1. The number of likely N-dealkylation sites (N-methyl/N-ethyl adjacent to an activating group) is 1. The monoisotopic (exact) mass is 305 g/mol. The number of fused-ring (bicyclic) bond motifs is 1. The fourth-order valence-electron chi connectivity index (χ4n) is 3.56. The number of ether oxygens (including phenoxy) is 2. The van der Waals surface area contributed by atoms with Gasteiger partial charge in [-0.3, -0.25) is 9.80 Å². The third-order valence-corrected chi connectivity index (χ3v) is 4.83. The fourth-order valence-corrected chi connectivity index (χ4v) is 3.56. The van der Waals surface area contributed by atoms with Crippen LogP contribution in [-0.2, 0) is 6.54 Å². The average molecular weight is 305 g/mol. The van der Waals surface area contributed by atoms with Crippen molar-refractivity contribution < 1.29 is 9.47 Å². The molecule has 0 saturated carbocycles. The van der Waals surface area contributed by atoms with Crippen molar-refractivity contribution in [2.75, 3.05) is 60.5 Å². The lowest BCUT2D eigenvalue weighted by molar-refractivity contribution is 0.0175. The molecule has 0 unspecified atom stereocenters. The summed E-state index contributed by atoms with van der Waals surface area (Å²) in [5, 5.41) is 0. The zero-order chi connectivity index (χ0) is 15.5. The smallest absolute Gasteiger partial charge is 0.161 e. The lowest BCUT2D eigenvalue weighted by Gasteiger charge is -2.46. The van der Waals surface area contributed by atoms with Crippen LogP contribution in [0.5, 0.6) is 11.5 Å². The third kappa shape index (κ3) is 3.37. The summed E-state index contributed by atoms with van der Waals surface area (Å²) >= 11 is 0.